The molecule has 1 aliphatic carbocycles. The lowest BCUT2D eigenvalue weighted by molar-refractivity contribution is -0.160. The Hall–Kier alpha value is -0.530. The minimum Gasteiger partial charge on any atom is -0.462 e. The Morgan fingerprint density at radius 2 is 1.72 bits per heavy atom. The quantitative estimate of drug-likeness (QED) is 0.687. The molecular formula is C16H30O2. The summed E-state index contributed by atoms with van der Waals surface area (Å²) in [6.07, 6.45) is 6.94. The smallest absolute Gasteiger partial charge is 0.309 e. The van der Waals surface area contributed by atoms with Gasteiger partial charge in [-0.25, -0.2) is 0 Å². The lowest BCUT2D eigenvalue weighted by Gasteiger charge is -2.32. The van der Waals surface area contributed by atoms with E-state index in [4.69, 9.17) is 4.74 Å². The van der Waals surface area contributed by atoms with Gasteiger partial charge >= 0.3 is 5.97 Å². The maximum absolute atomic E-state index is 12.4. The minimum absolute atomic E-state index is 0.00395. The number of carbonyl (C=O) groups excluding carboxylic acids is 1. The van der Waals surface area contributed by atoms with Crippen molar-refractivity contribution in [2.24, 2.45) is 17.3 Å². The lowest BCUT2D eigenvalue weighted by atomic mass is 9.76. The van der Waals surface area contributed by atoms with Crippen LogP contribution < -0.4 is 0 Å². The van der Waals surface area contributed by atoms with Crippen molar-refractivity contribution in [2.75, 3.05) is 0 Å². The first kappa shape index (κ1) is 15.5. The molecule has 0 aliphatic heterocycles. The summed E-state index contributed by atoms with van der Waals surface area (Å²) in [6.45, 7) is 10.8. The molecule has 2 nitrogen and oxygen atoms in total. The molecule has 0 aromatic rings. The van der Waals surface area contributed by atoms with Crippen LogP contribution in [0.2, 0.25) is 0 Å². The molecule has 106 valence electrons. The Labute approximate surface area is 112 Å². The fourth-order valence-electron chi connectivity index (χ4n) is 2.70. The second-order valence-corrected chi connectivity index (χ2v) is 7.25. The fourth-order valence-corrected chi connectivity index (χ4v) is 2.70. The van der Waals surface area contributed by atoms with Crippen LogP contribution in [-0.2, 0) is 9.53 Å². The maximum Gasteiger partial charge on any atom is 0.309 e. The topological polar surface area (TPSA) is 26.3 Å². The van der Waals surface area contributed by atoms with Crippen LogP contribution in [0.1, 0.15) is 73.1 Å². The van der Waals surface area contributed by atoms with E-state index in [0.717, 1.165) is 19.3 Å². The van der Waals surface area contributed by atoms with Crippen LogP contribution in [-0.4, -0.2) is 12.1 Å². The molecule has 0 saturated heterocycles. The highest BCUT2D eigenvalue weighted by atomic mass is 16.5. The van der Waals surface area contributed by atoms with Gasteiger partial charge in [-0.05, 0) is 43.4 Å². The largest absolute Gasteiger partial charge is 0.462 e. The van der Waals surface area contributed by atoms with Crippen molar-refractivity contribution < 1.29 is 9.53 Å². The Bertz CT molecular complexity index is 257. The van der Waals surface area contributed by atoms with Gasteiger partial charge in [0.05, 0.1) is 5.92 Å². The van der Waals surface area contributed by atoms with E-state index in [1.165, 1.54) is 19.3 Å². The zero-order valence-electron chi connectivity index (χ0n) is 12.8. The second kappa shape index (κ2) is 6.58. The molecule has 1 atom stereocenters. The molecule has 1 rings (SSSR count). The molecule has 2 heteroatoms. The highest BCUT2D eigenvalue weighted by Gasteiger charge is 2.34. The summed E-state index contributed by atoms with van der Waals surface area (Å²) >= 11 is 0. The van der Waals surface area contributed by atoms with E-state index in [1.54, 1.807) is 0 Å². The van der Waals surface area contributed by atoms with Crippen molar-refractivity contribution in [3.63, 3.8) is 0 Å². The molecule has 0 spiro atoms. The van der Waals surface area contributed by atoms with Gasteiger partial charge in [0.1, 0.15) is 6.10 Å². The molecule has 1 saturated carbocycles. The monoisotopic (exact) mass is 254 g/mol. The molecule has 0 N–H and O–H groups in total. The van der Waals surface area contributed by atoms with Crippen molar-refractivity contribution in [1.29, 1.82) is 0 Å². The Morgan fingerprint density at radius 1 is 1.17 bits per heavy atom. The summed E-state index contributed by atoms with van der Waals surface area (Å²) in [5, 5.41) is 0. The molecule has 0 aromatic carbocycles. The van der Waals surface area contributed by atoms with Crippen LogP contribution >= 0.6 is 0 Å². The molecule has 0 bridgehead atoms. The first-order valence-corrected chi connectivity index (χ1v) is 7.51. The zero-order valence-corrected chi connectivity index (χ0v) is 12.8. The third-order valence-corrected chi connectivity index (χ3v) is 3.87. The minimum atomic E-state index is -0.00395. The lowest BCUT2D eigenvalue weighted by Crippen LogP contribution is -2.34. The van der Waals surface area contributed by atoms with E-state index in [9.17, 15) is 4.79 Å². The average Bonchev–Trinajstić information content (AvgIpc) is 2.25. The van der Waals surface area contributed by atoms with E-state index in [1.807, 2.05) is 0 Å². The molecule has 1 unspecified atom stereocenters. The molecule has 18 heavy (non-hydrogen) atoms. The summed E-state index contributed by atoms with van der Waals surface area (Å²) in [4.78, 5) is 12.4. The van der Waals surface area contributed by atoms with Gasteiger partial charge in [-0.1, -0.05) is 41.0 Å². The van der Waals surface area contributed by atoms with Crippen LogP contribution in [0.3, 0.4) is 0 Å². The molecule has 1 aliphatic rings. The summed E-state index contributed by atoms with van der Waals surface area (Å²) < 4.78 is 5.74. The van der Waals surface area contributed by atoms with Crippen molar-refractivity contribution in [2.45, 2.75) is 79.2 Å². The number of carbonyl (C=O) groups is 1. The van der Waals surface area contributed by atoms with Gasteiger partial charge in [-0.3, -0.25) is 4.79 Å². The van der Waals surface area contributed by atoms with Gasteiger partial charge in [0.15, 0.2) is 0 Å². The highest BCUT2D eigenvalue weighted by molar-refractivity contribution is 5.73. The van der Waals surface area contributed by atoms with Gasteiger partial charge in [0.25, 0.3) is 0 Å². The molecule has 0 heterocycles. The summed E-state index contributed by atoms with van der Waals surface area (Å²) in [6, 6.07) is 0. The normalized spacial score (nSPS) is 19.9. The molecule has 0 amide bonds. The average molecular weight is 254 g/mol. The van der Waals surface area contributed by atoms with E-state index >= 15 is 0 Å². The number of esters is 1. The number of ether oxygens (including phenoxy) is 1. The van der Waals surface area contributed by atoms with Gasteiger partial charge in [-0.2, -0.15) is 0 Å². The first-order valence-electron chi connectivity index (χ1n) is 7.51. The van der Waals surface area contributed by atoms with Crippen LogP contribution in [0.5, 0.6) is 0 Å². The van der Waals surface area contributed by atoms with Gasteiger partial charge < -0.3 is 4.74 Å². The Morgan fingerprint density at radius 3 is 2.17 bits per heavy atom. The van der Waals surface area contributed by atoms with Crippen LogP contribution in [0.15, 0.2) is 0 Å². The molecule has 0 radical (unpaired) electrons. The molecule has 0 aromatic heterocycles. The van der Waals surface area contributed by atoms with Crippen LogP contribution in [0.25, 0.3) is 0 Å². The number of rotatable bonds is 4. The third-order valence-electron chi connectivity index (χ3n) is 3.87. The standard InChI is InChI=1S/C16H30O2/c1-12(2)11-14(16(3,4)5)15(17)18-13-9-7-6-8-10-13/h12-14H,6-11H2,1-5H3. The third kappa shape index (κ3) is 4.99. The van der Waals surface area contributed by atoms with E-state index in [0.29, 0.717) is 5.92 Å². The van der Waals surface area contributed by atoms with Crippen molar-refractivity contribution >= 4 is 5.97 Å². The zero-order chi connectivity index (χ0) is 13.8. The van der Waals surface area contributed by atoms with E-state index < -0.39 is 0 Å². The maximum atomic E-state index is 12.4. The summed E-state index contributed by atoms with van der Waals surface area (Å²) in [5.74, 6) is 0.593. The Balaban J connectivity index is 2.58. The van der Waals surface area contributed by atoms with E-state index in [-0.39, 0.29) is 23.4 Å². The highest BCUT2D eigenvalue weighted by Crippen LogP contribution is 2.33. The Kier molecular flexibility index (Phi) is 5.68. The van der Waals surface area contributed by atoms with Gasteiger partial charge in [0, 0.05) is 0 Å². The fraction of sp³-hybridized carbons (Fsp3) is 0.938. The first-order chi connectivity index (χ1) is 8.30. The SMILES string of the molecule is CC(C)CC(C(=O)OC1CCCCC1)C(C)(C)C. The van der Waals surface area contributed by atoms with Crippen LogP contribution in [0, 0.1) is 17.3 Å². The van der Waals surface area contributed by atoms with Crippen molar-refractivity contribution in [1.82, 2.24) is 0 Å². The van der Waals surface area contributed by atoms with Crippen LogP contribution in [0.4, 0.5) is 0 Å². The van der Waals surface area contributed by atoms with Crippen molar-refractivity contribution in [3.05, 3.63) is 0 Å². The predicted molar refractivity (Wildman–Crippen MR) is 75.4 cm³/mol. The van der Waals surface area contributed by atoms with E-state index in [2.05, 4.69) is 34.6 Å². The number of hydrogen-bond acceptors (Lipinski definition) is 2. The summed E-state index contributed by atoms with van der Waals surface area (Å²) in [7, 11) is 0. The molecule has 1 fully saturated rings. The summed E-state index contributed by atoms with van der Waals surface area (Å²) in [5.41, 5.74) is -0.00395. The van der Waals surface area contributed by atoms with Crippen molar-refractivity contribution in [3.8, 4) is 0 Å². The number of hydrogen-bond donors (Lipinski definition) is 0. The van der Waals surface area contributed by atoms with Gasteiger partial charge in [-0.15, -0.1) is 0 Å². The second-order valence-electron chi connectivity index (χ2n) is 7.25. The predicted octanol–water partition coefficient (Wildman–Crippen LogP) is 4.57. The van der Waals surface area contributed by atoms with Gasteiger partial charge in [0.2, 0.25) is 0 Å². The molecular weight excluding hydrogens is 224 g/mol.